The molecular formula is C31H42N2O6. The van der Waals surface area contributed by atoms with Crippen LogP contribution in [0.2, 0.25) is 0 Å². The molecule has 39 heavy (non-hydrogen) atoms. The Morgan fingerprint density at radius 3 is 2.03 bits per heavy atom. The molecule has 1 aliphatic heterocycles. The number of aliphatic hydroxyl groups excluding tert-OH is 1. The van der Waals surface area contributed by atoms with Gasteiger partial charge in [0.2, 0.25) is 0 Å². The molecule has 8 nitrogen and oxygen atoms in total. The quantitative estimate of drug-likeness (QED) is 0.184. The second kappa shape index (κ2) is 14.6. The molecule has 2 aromatic rings. The van der Waals surface area contributed by atoms with Crippen LogP contribution in [0.5, 0.6) is 17.2 Å². The van der Waals surface area contributed by atoms with Crippen LogP contribution in [0.3, 0.4) is 0 Å². The highest BCUT2D eigenvalue weighted by atomic mass is 16.5. The number of ether oxygens (including phenoxy) is 3. The molecule has 1 N–H and O–H groups in total. The molecule has 2 aromatic carbocycles. The zero-order chi connectivity index (χ0) is 28.4. The Morgan fingerprint density at radius 1 is 0.846 bits per heavy atom. The van der Waals surface area contributed by atoms with Crippen LogP contribution in [-0.4, -0.2) is 74.1 Å². The largest absolute Gasteiger partial charge is 0.507 e. The lowest BCUT2D eigenvalue weighted by atomic mass is 9.95. The Labute approximate surface area is 232 Å². The maximum Gasteiger partial charge on any atom is 0.295 e. The van der Waals surface area contributed by atoms with Gasteiger partial charge in [0.15, 0.2) is 11.5 Å². The first-order valence-electron chi connectivity index (χ1n) is 13.8. The van der Waals surface area contributed by atoms with Crippen molar-refractivity contribution in [1.29, 1.82) is 0 Å². The zero-order valence-electron chi connectivity index (χ0n) is 23.9. The van der Waals surface area contributed by atoms with Crippen LogP contribution in [0.1, 0.15) is 63.1 Å². The van der Waals surface area contributed by atoms with Crippen LogP contribution >= 0.6 is 0 Å². The van der Waals surface area contributed by atoms with Crippen molar-refractivity contribution in [2.24, 2.45) is 0 Å². The van der Waals surface area contributed by atoms with Crippen LogP contribution < -0.4 is 14.2 Å². The number of carbonyl (C=O) groups excluding carboxylic acids is 2. The zero-order valence-corrected chi connectivity index (χ0v) is 23.9. The number of methoxy groups -OCH3 is 3. The highest BCUT2D eigenvalue weighted by Crippen LogP contribution is 2.42. The second-order valence-corrected chi connectivity index (χ2v) is 9.74. The van der Waals surface area contributed by atoms with Gasteiger partial charge in [0.25, 0.3) is 11.7 Å². The monoisotopic (exact) mass is 538 g/mol. The Balaban J connectivity index is 1.99. The molecule has 0 spiro atoms. The molecule has 1 atom stereocenters. The molecule has 1 fully saturated rings. The minimum absolute atomic E-state index is 0.0613. The molecule has 1 amide bonds. The number of aliphatic hydroxyl groups is 1. The van der Waals surface area contributed by atoms with Gasteiger partial charge in [-0.3, -0.25) is 9.59 Å². The van der Waals surface area contributed by atoms with Crippen molar-refractivity contribution in [3.8, 4) is 17.2 Å². The Kier molecular flexibility index (Phi) is 11.2. The van der Waals surface area contributed by atoms with Crippen molar-refractivity contribution in [2.45, 2.75) is 52.0 Å². The number of carbonyl (C=O) groups is 2. The van der Waals surface area contributed by atoms with Gasteiger partial charge in [-0.25, -0.2) is 0 Å². The van der Waals surface area contributed by atoms with E-state index < -0.39 is 17.7 Å². The van der Waals surface area contributed by atoms with Gasteiger partial charge in [-0.15, -0.1) is 0 Å². The molecule has 1 saturated heterocycles. The summed E-state index contributed by atoms with van der Waals surface area (Å²) in [6.45, 7) is 7.63. The van der Waals surface area contributed by atoms with E-state index in [0.717, 1.165) is 45.3 Å². The lowest BCUT2D eigenvalue weighted by molar-refractivity contribution is -0.140. The third-order valence-electron chi connectivity index (χ3n) is 7.16. The summed E-state index contributed by atoms with van der Waals surface area (Å²) in [6, 6.07) is 11.3. The van der Waals surface area contributed by atoms with Gasteiger partial charge in [0.1, 0.15) is 11.5 Å². The highest BCUT2D eigenvalue weighted by molar-refractivity contribution is 6.46. The number of amides is 1. The van der Waals surface area contributed by atoms with E-state index >= 15 is 0 Å². The number of nitrogens with zero attached hydrogens (tertiary/aromatic N) is 2. The lowest BCUT2D eigenvalue weighted by Gasteiger charge is -2.28. The summed E-state index contributed by atoms with van der Waals surface area (Å²) >= 11 is 0. The fraction of sp³-hybridized carbons (Fsp3) is 0.484. The molecule has 8 heteroatoms. The summed E-state index contributed by atoms with van der Waals surface area (Å²) in [4.78, 5) is 30.8. The van der Waals surface area contributed by atoms with Crippen molar-refractivity contribution in [3.05, 3.63) is 59.2 Å². The fourth-order valence-electron chi connectivity index (χ4n) is 4.95. The van der Waals surface area contributed by atoms with E-state index in [1.807, 2.05) is 0 Å². The molecule has 0 aromatic heterocycles. The van der Waals surface area contributed by atoms with E-state index in [2.05, 4.69) is 18.7 Å². The molecule has 212 valence electrons. The Morgan fingerprint density at radius 2 is 1.46 bits per heavy atom. The van der Waals surface area contributed by atoms with E-state index in [0.29, 0.717) is 41.3 Å². The van der Waals surface area contributed by atoms with Crippen LogP contribution in [0.15, 0.2) is 48.0 Å². The molecular weight excluding hydrogens is 496 g/mol. The van der Waals surface area contributed by atoms with Crippen LogP contribution in [0, 0.1) is 0 Å². The summed E-state index contributed by atoms with van der Waals surface area (Å²) in [5.74, 6) is 0.117. The van der Waals surface area contributed by atoms with E-state index in [4.69, 9.17) is 14.2 Å². The van der Waals surface area contributed by atoms with Crippen LogP contribution in [-0.2, 0) is 9.59 Å². The Bertz CT molecular complexity index is 1140. The normalized spacial score (nSPS) is 16.7. The summed E-state index contributed by atoms with van der Waals surface area (Å²) < 4.78 is 16.1. The van der Waals surface area contributed by atoms with E-state index in [-0.39, 0.29) is 11.3 Å². The standard InChI is InChI=1S/C31H42N2O6/c1-6-8-17-32(18-9-7-2)19-10-20-33-28(23-13-16-25(38-4)26(21-23)39-5)27(30(35)31(33)36)29(34)22-11-14-24(37-3)15-12-22/h11-16,21,28,34H,6-10,17-20H2,1-5H3/b29-27-. The smallest absolute Gasteiger partial charge is 0.295 e. The van der Waals surface area contributed by atoms with Crippen molar-refractivity contribution in [3.63, 3.8) is 0 Å². The maximum absolute atomic E-state index is 13.4. The van der Waals surface area contributed by atoms with Gasteiger partial charge in [0, 0.05) is 12.1 Å². The van der Waals surface area contributed by atoms with Crippen molar-refractivity contribution < 1.29 is 28.9 Å². The molecule has 1 aliphatic rings. The molecule has 0 saturated carbocycles. The summed E-state index contributed by atoms with van der Waals surface area (Å²) in [5.41, 5.74) is 1.16. The summed E-state index contributed by atoms with van der Waals surface area (Å²) in [7, 11) is 4.65. The highest BCUT2D eigenvalue weighted by Gasteiger charge is 2.46. The third-order valence-corrected chi connectivity index (χ3v) is 7.16. The van der Waals surface area contributed by atoms with Gasteiger partial charge in [-0.2, -0.15) is 0 Å². The summed E-state index contributed by atoms with van der Waals surface area (Å²) in [5, 5.41) is 11.3. The first-order valence-corrected chi connectivity index (χ1v) is 13.8. The third kappa shape index (κ3) is 7.12. The molecule has 1 heterocycles. The number of likely N-dealkylation sites (tertiary alicyclic amines) is 1. The summed E-state index contributed by atoms with van der Waals surface area (Å²) in [6.07, 6.45) is 5.22. The molecule has 0 aliphatic carbocycles. The second-order valence-electron chi connectivity index (χ2n) is 9.74. The van der Waals surface area contributed by atoms with Crippen molar-refractivity contribution in [2.75, 3.05) is 47.5 Å². The van der Waals surface area contributed by atoms with Crippen LogP contribution in [0.25, 0.3) is 5.76 Å². The van der Waals surface area contributed by atoms with Crippen LogP contribution in [0.4, 0.5) is 0 Å². The first kappa shape index (κ1) is 30.0. The number of benzene rings is 2. The Hall–Kier alpha value is -3.52. The number of Topliss-reactive ketones (excluding diaryl/α,β-unsaturated/α-hetero) is 1. The van der Waals surface area contributed by atoms with Gasteiger partial charge in [0.05, 0.1) is 32.9 Å². The van der Waals surface area contributed by atoms with E-state index in [9.17, 15) is 14.7 Å². The average molecular weight is 539 g/mol. The number of unbranched alkanes of at least 4 members (excludes halogenated alkanes) is 2. The fourth-order valence-corrected chi connectivity index (χ4v) is 4.95. The van der Waals surface area contributed by atoms with Gasteiger partial charge < -0.3 is 29.1 Å². The van der Waals surface area contributed by atoms with Gasteiger partial charge >= 0.3 is 0 Å². The number of hydrogen-bond acceptors (Lipinski definition) is 7. The van der Waals surface area contributed by atoms with Gasteiger partial charge in [-0.1, -0.05) is 32.8 Å². The van der Waals surface area contributed by atoms with E-state index in [1.165, 1.54) is 7.11 Å². The minimum atomic E-state index is -0.758. The predicted octanol–water partition coefficient (Wildman–Crippen LogP) is 5.43. The van der Waals surface area contributed by atoms with E-state index in [1.54, 1.807) is 61.6 Å². The number of rotatable bonds is 15. The topological polar surface area (TPSA) is 88.5 Å². The minimum Gasteiger partial charge on any atom is -0.507 e. The van der Waals surface area contributed by atoms with Crippen molar-refractivity contribution in [1.82, 2.24) is 9.80 Å². The molecule has 1 unspecified atom stereocenters. The van der Waals surface area contributed by atoms with Gasteiger partial charge in [-0.05, 0) is 80.9 Å². The average Bonchev–Trinajstić information content (AvgIpc) is 3.22. The lowest BCUT2D eigenvalue weighted by Crippen LogP contribution is -2.34. The maximum atomic E-state index is 13.4. The SMILES string of the molecule is CCCCN(CCCC)CCCN1C(=O)C(=O)/C(=C(\O)c2ccc(OC)cc2)C1c1ccc(OC)c(OC)c1. The number of ketones is 1. The molecule has 3 rings (SSSR count). The molecule has 0 radical (unpaired) electrons. The number of hydrogen-bond donors (Lipinski definition) is 1. The molecule has 0 bridgehead atoms. The predicted molar refractivity (Wildman–Crippen MR) is 152 cm³/mol. The van der Waals surface area contributed by atoms with Crippen molar-refractivity contribution >= 4 is 17.4 Å². The first-order chi connectivity index (χ1) is 18.9.